The number of halogens is 2. The SMILES string of the molecule is Oc1cc(N2CCc3c(nc(OC[C@]45C[C@H](F)CN4[C@H]4CCCC[C@H]4C5)nc3N3CC4CCC(C3)N4)C2)c2c(Br)cccc2c1. The van der Waals surface area contributed by atoms with E-state index in [2.05, 4.69) is 42.0 Å². The summed E-state index contributed by atoms with van der Waals surface area (Å²) in [5, 5.41) is 16.5. The molecule has 2 N–H and O–H groups in total. The molecule has 10 heteroatoms. The molecule has 238 valence electrons. The van der Waals surface area contributed by atoms with Crippen LogP contribution in [0.1, 0.15) is 62.6 Å². The van der Waals surface area contributed by atoms with Gasteiger partial charge in [0.15, 0.2) is 0 Å². The van der Waals surface area contributed by atoms with Crippen molar-refractivity contribution < 1.29 is 14.2 Å². The van der Waals surface area contributed by atoms with Crippen LogP contribution in [0, 0.1) is 5.92 Å². The summed E-state index contributed by atoms with van der Waals surface area (Å²) in [5.74, 6) is 1.92. The number of nitrogens with zero attached hydrogens (tertiary/aromatic N) is 5. The Kier molecular flexibility index (Phi) is 6.94. The van der Waals surface area contributed by atoms with Crippen LogP contribution in [0.4, 0.5) is 15.9 Å². The number of nitrogens with one attached hydrogen (secondary N) is 1. The van der Waals surface area contributed by atoms with E-state index in [1.165, 1.54) is 44.1 Å². The van der Waals surface area contributed by atoms with Crippen molar-refractivity contribution in [1.29, 1.82) is 0 Å². The highest BCUT2D eigenvalue weighted by atomic mass is 79.9. The maximum Gasteiger partial charge on any atom is 0.318 e. The summed E-state index contributed by atoms with van der Waals surface area (Å²) in [5.41, 5.74) is 2.93. The molecule has 1 saturated carbocycles. The average Bonchev–Trinajstić information content (AvgIpc) is 3.65. The van der Waals surface area contributed by atoms with Gasteiger partial charge >= 0.3 is 6.01 Å². The number of anilines is 2. The Hall–Kier alpha value is -2.69. The summed E-state index contributed by atoms with van der Waals surface area (Å²) < 4.78 is 22.6. The molecule has 6 heterocycles. The zero-order valence-corrected chi connectivity index (χ0v) is 27.3. The molecule has 5 aliphatic heterocycles. The minimum absolute atomic E-state index is 0.258. The summed E-state index contributed by atoms with van der Waals surface area (Å²) >= 11 is 3.77. The number of phenolic OH excluding ortho intramolecular Hbond substituents is 1. The molecule has 2 bridgehead atoms. The standard InChI is InChI=1S/C35H42BrFN6O2/c36-28-6-3-5-21-12-26(44)13-31(32(21)28)41-11-10-27-29(19-41)39-34(40-33(27)42-17-24-8-9-25(18-42)38-24)45-20-35-14-22-4-1-2-7-30(22)43(35)16-23(37)15-35/h3,5-6,12-13,22-25,30,38,44H,1-2,4,7-11,14-20H2/t22-,23-,24?,25?,30-,35-/m0/s1. The van der Waals surface area contributed by atoms with Gasteiger partial charge in [-0.3, -0.25) is 4.90 Å². The van der Waals surface area contributed by atoms with Crippen LogP contribution in [-0.4, -0.2) is 82.6 Å². The van der Waals surface area contributed by atoms with Crippen molar-refractivity contribution in [1.82, 2.24) is 20.2 Å². The largest absolute Gasteiger partial charge is 0.508 e. The van der Waals surface area contributed by atoms with E-state index < -0.39 is 6.17 Å². The molecule has 8 nitrogen and oxygen atoms in total. The molecule has 5 fully saturated rings. The lowest BCUT2D eigenvalue weighted by Gasteiger charge is -2.38. The Morgan fingerprint density at radius 3 is 2.73 bits per heavy atom. The fourth-order valence-electron chi connectivity index (χ4n) is 9.90. The van der Waals surface area contributed by atoms with Crippen LogP contribution in [0.5, 0.6) is 11.8 Å². The molecule has 1 aliphatic carbocycles. The zero-order valence-electron chi connectivity index (χ0n) is 25.7. The third kappa shape index (κ3) is 4.89. The predicted molar refractivity (Wildman–Crippen MR) is 177 cm³/mol. The molecule has 3 aromatic rings. The number of piperazine rings is 1. The predicted octanol–water partition coefficient (Wildman–Crippen LogP) is 5.73. The maximum absolute atomic E-state index is 15.0. The van der Waals surface area contributed by atoms with Crippen LogP contribution in [-0.2, 0) is 13.0 Å². The molecule has 1 aromatic heterocycles. The number of rotatable bonds is 5. The van der Waals surface area contributed by atoms with Crippen LogP contribution in [0.2, 0.25) is 0 Å². The molecule has 0 amide bonds. The smallest absolute Gasteiger partial charge is 0.318 e. The van der Waals surface area contributed by atoms with E-state index in [0.29, 0.717) is 56.2 Å². The first-order chi connectivity index (χ1) is 21.9. The van der Waals surface area contributed by atoms with Gasteiger partial charge in [0.05, 0.1) is 17.8 Å². The van der Waals surface area contributed by atoms with Gasteiger partial charge in [0.2, 0.25) is 0 Å². The van der Waals surface area contributed by atoms with Gasteiger partial charge in [-0.1, -0.05) is 40.9 Å². The topological polar surface area (TPSA) is 77.0 Å². The number of fused-ring (bicyclic) bond motifs is 7. The Morgan fingerprint density at radius 1 is 1.02 bits per heavy atom. The first kappa shape index (κ1) is 28.5. The minimum Gasteiger partial charge on any atom is -0.508 e. The molecule has 2 unspecified atom stereocenters. The van der Waals surface area contributed by atoms with Crippen LogP contribution in [0.15, 0.2) is 34.8 Å². The molecular weight excluding hydrogens is 635 g/mol. The first-order valence-electron chi connectivity index (χ1n) is 17.0. The Balaban J connectivity index is 1.06. The van der Waals surface area contributed by atoms with Crippen molar-refractivity contribution in [2.45, 2.75) is 94.2 Å². The van der Waals surface area contributed by atoms with Crippen LogP contribution >= 0.6 is 15.9 Å². The number of aromatic nitrogens is 2. The van der Waals surface area contributed by atoms with Gasteiger partial charge in [-0.25, -0.2) is 4.39 Å². The monoisotopic (exact) mass is 676 g/mol. The van der Waals surface area contributed by atoms with E-state index in [0.717, 1.165) is 64.9 Å². The molecule has 2 aromatic carbocycles. The highest BCUT2D eigenvalue weighted by molar-refractivity contribution is 9.10. The number of hydrogen-bond donors (Lipinski definition) is 2. The third-order valence-electron chi connectivity index (χ3n) is 11.8. The van der Waals surface area contributed by atoms with E-state index >= 15 is 0 Å². The molecule has 6 atom stereocenters. The molecule has 0 spiro atoms. The molecule has 9 rings (SSSR count). The zero-order chi connectivity index (χ0) is 30.3. The molecule has 0 radical (unpaired) electrons. The Morgan fingerprint density at radius 2 is 1.87 bits per heavy atom. The molecule has 4 saturated heterocycles. The maximum atomic E-state index is 15.0. The minimum atomic E-state index is -0.794. The van der Waals surface area contributed by atoms with Gasteiger partial charge in [0.1, 0.15) is 24.3 Å². The molecular formula is C35H42BrFN6O2. The number of phenols is 1. The van der Waals surface area contributed by atoms with Crippen molar-refractivity contribution in [3.05, 3.63) is 46.1 Å². The van der Waals surface area contributed by atoms with Crippen LogP contribution in [0.25, 0.3) is 10.8 Å². The van der Waals surface area contributed by atoms with Crippen molar-refractivity contribution in [3.63, 3.8) is 0 Å². The fourth-order valence-corrected chi connectivity index (χ4v) is 10.5. The second-order valence-corrected chi connectivity index (χ2v) is 15.4. The van der Waals surface area contributed by atoms with E-state index in [4.69, 9.17) is 14.7 Å². The highest BCUT2D eigenvalue weighted by Crippen LogP contribution is 2.51. The lowest BCUT2D eigenvalue weighted by atomic mass is 9.81. The number of hydrogen-bond acceptors (Lipinski definition) is 8. The van der Waals surface area contributed by atoms with Crippen molar-refractivity contribution in [2.75, 3.05) is 42.6 Å². The summed E-state index contributed by atoms with van der Waals surface area (Å²) in [6.45, 7) is 4.27. The normalized spacial score (nSPS) is 32.5. The van der Waals surface area contributed by atoms with Gasteiger partial charge in [0.25, 0.3) is 0 Å². The summed E-state index contributed by atoms with van der Waals surface area (Å²) in [6.07, 6.45) is 8.96. The van der Waals surface area contributed by atoms with Crippen molar-refractivity contribution in [3.8, 4) is 11.8 Å². The Bertz CT molecular complexity index is 1630. The first-order valence-corrected chi connectivity index (χ1v) is 17.8. The Labute approximate surface area is 272 Å². The number of aromatic hydroxyl groups is 1. The van der Waals surface area contributed by atoms with Gasteiger partial charge in [-0.15, -0.1) is 0 Å². The van der Waals surface area contributed by atoms with E-state index in [1.54, 1.807) is 0 Å². The number of benzene rings is 2. The van der Waals surface area contributed by atoms with Crippen molar-refractivity contribution >= 4 is 38.2 Å². The highest BCUT2D eigenvalue weighted by Gasteiger charge is 2.57. The van der Waals surface area contributed by atoms with Gasteiger partial charge in [0, 0.05) is 77.9 Å². The van der Waals surface area contributed by atoms with E-state index in [-0.39, 0.29) is 11.3 Å². The average molecular weight is 678 g/mol. The summed E-state index contributed by atoms with van der Waals surface area (Å²) in [4.78, 5) is 17.5. The second-order valence-electron chi connectivity index (χ2n) is 14.6. The van der Waals surface area contributed by atoms with E-state index in [1.807, 2.05) is 24.3 Å². The van der Waals surface area contributed by atoms with Crippen LogP contribution in [0.3, 0.4) is 0 Å². The third-order valence-corrected chi connectivity index (χ3v) is 12.4. The molecule has 45 heavy (non-hydrogen) atoms. The van der Waals surface area contributed by atoms with Crippen LogP contribution < -0.4 is 19.9 Å². The fraction of sp³-hybridized carbons (Fsp3) is 0.600. The molecule has 6 aliphatic rings. The lowest BCUT2D eigenvalue weighted by Crippen LogP contribution is -2.52. The number of alkyl halides is 1. The van der Waals surface area contributed by atoms with Crippen molar-refractivity contribution in [2.24, 2.45) is 5.92 Å². The van der Waals surface area contributed by atoms with Gasteiger partial charge in [-0.2, -0.15) is 9.97 Å². The van der Waals surface area contributed by atoms with Gasteiger partial charge < -0.3 is 25.0 Å². The number of ether oxygens (including phenoxy) is 1. The second kappa shape index (κ2) is 10.9. The summed E-state index contributed by atoms with van der Waals surface area (Å²) in [6, 6.07) is 11.7. The van der Waals surface area contributed by atoms with Gasteiger partial charge in [-0.05, 0) is 62.0 Å². The van der Waals surface area contributed by atoms with E-state index in [9.17, 15) is 9.50 Å². The summed E-state index contributed by atoms with van der Waals surface area (Å²) in [7, 11) is 0. The quantitative estimate of drug-likeness (QED) is 0.355. The lowest BCUT2D eigenvalue weighted by molar-refractivity contribution is 0.0772.